The minimum Gasteiger partial charge on any atom is -0.449 e. The van der Waals surface area contributed by atoms with E-state index in [1.807, 2.05) is 60.9 Å². The lowest BCUT2D eigenvalue weighted by atomic mass is 9.95. The van der Waals surface area contributed by atoms with Crippen molar-refractivity contribution in [1.82, 2.24) is 5.32 Å². The lowest BCUT2D eigenvalue weighted by Crippen LogP contribution is -2.52. The molecule has 41 heavy (non-hydrogen) atoms. The maximum absolute atomic E-state index is 14.0. The molecule has 1 aliphatic carbocycles. The summed E-state index contributed by atoms with van der Waals surface area (Å²) >= 11 is 1.54. The average Bonchev–Trinajstić information content (AvgIpc) is 3.35. The highest BCUT2D eigenvalue weighted by Crippen LogP contribution is 2.44. The third-order valence-corrected chi connectivity index (χ3v) is 8.00. The number of hydrogen-bond donors (Lipinski definition) is 2. The summed E-state index contributed by atoms with van der Waals surface area (Å²) in [7, 11) is 0. The second kappa shape index (κ2) is 13.2. The molecule has 1 unspecified atom stereocenters. The fourth-order valence-corrected chi connectivity index (χ4v) is 5.72. The van der Waals surface area contributed by atoms with Crippen LogP contribution in [0.3, 0.4) is 0 Å². The van der Waals surface area contributed by atoms with Crippen LogP contribution in [0.4, 0.5) is 4.79 Å². The van der Waals surface area contributed by atoms with Gasteiger partial charge in [0.15, 0.2) is 0 Å². The number of nitrogens with one attached hydrogen (secondary N) is 1. The Balaban J connectivity index is 1.33. The monoisotopic (exact) mass is 567 g/mol. The van der Waals surface area contributed by atoms with E-state index in [9.17, 15) is 14.7 Å². The predicted octanol–water partition coefficient (Wildman–Crippen LogP) is 6.28. The number of aliphatic hydroxyl groups is 1. The van der Waals surface area contributed by atoms with Gasteiger partial charge in [-0.3, -0.25) is 4.79 Å². The van der Waals surface area contributed by atoms with Gasteiger partial charge in [0.1, 0.15) is 6.61 Å². The van der Waals surface area contributed by atoms with Crippen LogP contribution in [0.1, 0.15) is 34.6 Å². The van der Waals surface area contributed by atoms with E-state index in [0.29, 0.717) is 17.7 Å². The van der Waals surface area contributed by atoms with Gasteiger partial charge in [0.2, 0.25) is 5.78 Å². The van der Waals surface area contributed by atoms with Crippen LogP contribution in [0, 0.1) is 0 Å². The number of ketones is 1. The zero-order chi connectivity index (χ0) is 28.7. The molecule has 4 aromatic rings. The van der Waals surface area contributed by atoms with Crippen molar-refractivity contribution in [1.29, 1.82) is 0 Å². The first kappa shape index (κ1) is 28.6. The number of alkyl carbamates (subject to hydrolysis) is 1. The number of rotatable bonds is 12. The summed E-state index contributed by atoms with van der Waals surface area (Å²) in [5, 5.41) is 14.5. The van der Waals surface area contributed by atoms with Crippen molar-refractivity contribution in [3.8, 4) is 11.1 Å². The number of ether oxygens (including phenoxy) is 2. The smallest absolute Gasteiger partial charge is 0.407 e. The molecule has 1 amide bonds. The van der Waals surface area contributed by atoms with Gasteiger partial charge < -0.3 is 19.9 Å². The molecule has 0 heterocycles. The van der Waals surface area contributed by atoms with E-state index in [4.69, 9.17) is 9.47 Å². The van der Waals surface area contributed by atoms with Crippen molar-refractivity contribution in [3.05, 3.63) is 131 Å². The van der Waals surface area contributed by atoms with E-state index < -0.39 is 23.7 Å². The van der Waals surface area contributed by atoms with Gasteiger partial charge in [-0.25, -0.2) is 4.79 Å². The highest BCUT2D eigenvalue weighted by Gasteiger charge is 2.44. The Labute approximate surface area is 244 Å². The molecule has 0 radical (unpaired) electrons. The van der Waals surface area contributed by atoms with Crippen LogP contribution in [-0.2, 0) is 26.7 Å². The van der Waals surface area contributed by atoms with Gasteiger partial charge in [0, 0.05) is 11.5 Å². The molecule has 0 aromatic heterocycles. The number of amides is 1. The summed E-state index contributed by atoms with van der Waals surface area (Å²) in [6, 6.07) is 33.1. The van der Waals surface area contributed by atoms with Gasteiger partial charge in [-0.15, -0.1) is 0 Å². The number of carbonyl (C=O) groups excluding carboxylic acids is 2. The van der Waals surface area contributed by atoms with Gasteiger partial charge in [-0.2, -0.15) is 11.8 Å². The lowest BCUT2D eigenvalue weighted by molar-refractivity contribution is -0.218. The summed E-state index contributed by atoms with van der Waals surface area (Å²) < 4.78 is 11.6. The summed E-state index contributed by atoms with van der Waals surface area (Å²) in [6.45, 7) is 0.134. The SMILES string of the molecule is CSCC[C@H](NC(=O)OCC1c2ccccc2-c2ccccc21)C(=O)C(O)(OCc1ccccc1)c1ccccc1. The summed E-state index contributed by atoms with van der Waals surface area (Å²) in [6.07, 6.45) is 1.50. The second-order valence-electron chi connectivity index (χ2n) is 9.95. The highest BCUT2D eigenvalue weighted by atomic mass is 32.2. The molecule has 0 aliphatic heterocycles. The lowest BCUT2D eigenvalue weighted by Gasteiger charge is -2.31. The first-order chi connectivity index (χ1) is 20.0. The molecule has 1 aliphatic rings. The van der Waals surface area contributed by atoms with Crippen LogP contribution in [0.2, 0.25) is 0 Å². The van der Waals surface area contributed by atoms with Crippen LogP contribution in [-0.4, -0.2) is 41.6 Å². The Kier molecular flexibility index (Phi) is 9.19. The standard InChI is InChI=1S/C34H33NO5S/c1-41-21-20-31(32(36)34(38,25-14-6-3-7-15-25)40-22-24-12-4-2-5-13-24)35-33(37)39-23-30-28-18-10-8-16-26(28)27-17-9-11-19-29(27)30/h2-19,30-31,38H,20-23H2,1H3,(H,35,37)/t31-,34?/m0/s1. The van der Waals surface area contributed by atoms with E-state index in [0.717, 1.165) is 27.8 Å². The minimum absolute atomic E-state index is 0.0121. The fourth-order valence-electron chi connectivity index (χ4n) is 5.25. The molecule has 0 saturated carbocycles. The highest BCUT2D eigenvalue weighted by molar-refractivity contribution is 7.98. The quantitative estimate of drug-likeness (QED) is 0.196. The molecule has 5 rings (SSSR count). The molecular weight excluding hydrogens is 534 g/mol. The summed E-state index contributed by atoms with van der Waals surface area (Å²) in [5.74, 6) is -2.44. The van der Waals surface area contributed by atoms with Crippen molar-refractivity contribution >= 4 is 23.6 Å². The Hall–Kier alpha value is -3.91. The van der Waals surface area contributed by atoms with E-state index in [1.165, 1.54) is 0 Å². The summed E-state index contributed by atoms with van der Waals surface area (Å²) in [4.78, 5) is 27.1. The van der Waals surface area contributed by atoms with Crippen molar-refractivity contribution in [2.45, 2.75) is 30.8 Å². The molecule has 7 heteroatoms. The van der Waals surface area contributed by atoms with Gasteiger partial charge in [-0.05, 0) is 46.2 Å². The Morgan fingerprint density at radius 1 is 0.854 bits per heavy atom. The fraction of sp³-hybridized carbons (Fsp3) is 0.235. The van der Waals surface area contributed by atoms with Crippen LogP contribution < -0.4 is 5.32 Å². The number of thioether (sulfide) groups is 1. The maximum atomic E-state index is 14.0. The normalized spacial score (nSPS) is 14.4. The zero-order valence-electron chi connectivity index (χ0n) is 22.9. The molecule has 0 fully saturated rings. The molecule has 0 spiro atoms. The second-order valence-corrected chi connectivity index (χ2v) is 10.9. The Bertz CT molecular complexity index is 1430. The largest absolute Gasteiger partial charge is 0.449 e. The molecule has 2 N–H and O–H groups in total. The number of hydrogen-bond acceptors (Lipinski definition) is 6. The Morgan fingerprint density at radius 3 is 2.02 bits per heavy atom. The van der Waals surface area contributed by atoms with E-state index in [-0.39, 0.29) is 19.1 Å². The number of carbonyl (C=O) groups is 2. The van der Waals surface area contributed by atoms with E-state index >= 15 is 0 Å². The zero-order valence-corrected chi connectivity index (χ0v) is 23.7. The van der Waals surface area contributed by atoms with E-state index in [2.05, 4.69) is 29.6 Å². The first-order valence-electron chi connectivity index (χ1n) is 13.6. The van der Waals surface area contributed by atoms with Crippen molar-refractivity contribution in [2.75, 3.05) is 18.6 Å². The topological polar surface area (TPSA) is 84.9 Å². The molecule has 4 aromatic carbocycles. The molecule has 2 atom stereocenters. The van der Waals surface area contributed by atoms with Crippen LogP contribution in [0.25, 0.3) is 11.1 Å². The molecule has 210 valence electrons. The minimum atomic E-state index is -2.27. The number of benzene rings is 4. The average molecular weight is 568 g/mol. The van der Waals surface area contributed by atoms with Gasteiger partial charge in [0.25, 0.3) is 5.79 Å². The van der Waals surface area contributed by atoms with Gasteiger partial charge in [0.05, 0.1) is 12.6 Å². The van der Waals surface area contributed by atoms with E-state index in [1.54, 1.807) is 42.1 Å². The van der Waals surface area contributed by atoms with Crippen molar-refractivity contribution in [2.24, 2.45) is 0 Å². The third kappa shape index (κ3) is 6.38. The van der Waals surface area contributed by atoms with Crippen LogP contribution >= 0.6 is 11.8 Å². The molecular formula is C34H33NO5S. The summed E-state index contributed by atoms with van der Waals surface area (Å²) in [5.41, 5.74) is 5.57. The molecule has 6 nitrogen and oxygen atoms in total. The Morgan fingerprint density at radius 2 is 1.41 bits per heavy atom. The van der Waals surface area contributed by atoms with Crippen molar-refractivity contribution < 1.29 is 24.2 Å². The van der Waals surface area contributed by atoms with Crippen LogP contribution in [0.15, 0.2) is 109 Å². The third-order valence-electron chi connectivity index (χ3n) is 7.35. The molecule has 0 saturated heterocycles. The first-order valence-corrected chi connectivity index (χ1v) is 15.0. The van der Waals surface area contributed by atoms with Gasteiger partial charge in [-0.1, -0.05) is 109 Å². The number of Topliss-reactive ketones (excluding diaryl/α,β-unsaturated/α-hetero) is 1. The van der Waals surface area contributed by atoms with Gasteiger partial charge >= 0.3 is 6.09 Å². The van der Waals surface area contributed by atoms with Crippen LogP contribution in [0.5, 0.6) is 0 Å². The number of fused-ring (bicyclic) bond motifs is 3. The maximum Gasteiger partial charge on any atom is 0.407 e. The molecule has 0 bridgehead atoms. The van der Waals surface area contributed by atoms with Crippen molar-refractivity contribution in [3.63, 3.8) is 0 Å². The predicted molar refractivity (Wildman–Crippen MR) is 162 cm³/mol.